The summed E-state index contributed by atoms with van der Waals surface area (Å²) < 4.78 is 5.89. The maximum atomic E-state index is 5.92. The smallest absolute Gasteiger partial charge is 0.0642 e. The highest BCUT2D eigenvalue weighted by Crippen LogP contribution is 2.25. The number of anilines is 1. The van der Waals surface area contributed by atoms with E-state index < -0.39 is 0 Å². The van der Waals surface area contributed by atoms with Gasteiger partial charge < -0.3 is 10.1 Å². The lowest BCUT2D eigenvalue weighted by atomic mass is 9.89. The fraction of sp³-hybridized carbons (Fsp3) is 0.600. The maximum absolute atomic E-state index is 5.92. The molecule has 1 aliphatic rings. The van der Waals surface area contributed by atoms with Gasteiger partial charge in [0.25, 0.3) is 0 Å². The average molecular weight is 268 g/mol. The summed E-state index contributed by atoms with van der Waals surface area (Å²) in [5.41, 5.74) is 1.06. The summed E-state index contributed by atoms with van der Waals surface area (Å²) in [6, 6.07) is 7.79. The van der Waals surface area contributed by atoms with Crippen molar-refractivity contribution in [2.75, 3.05) is 18.5 Å². The molecule has 0 aromatic heterocycles. The number of ether oxygens (including phenoxy) is 1. The van der Waals surface area contributed by atoms with Crippen LogP contribution in [0.4, 0.5) is 5.69 Å². The second kappa shape index (κ2) is 7.01. The molecule has 0 amide bonds. The summed E-state index contributed by atoms with van der Waals surface area (Å²) in [4.78, 5) is 0. The molecule has 3 heteroatoms. The van der Waals surface area contributed by atoms with E-state index in [4.69, 9.17) is 16.3 Å². The molecule has 0 atom stereocenters. The van der Waals surface area contributed by atoms with E-state index >= 15 is 0 Å². The van der Waals surface area contributed by atoms with E-state index in [1.54, 1.807) is 0 Å². The number of halogens is 1. The number of nitrogens with one attached hydrogen (secondary N) is 1. The zero-order valence-corrected chi connectivity index (χ0v) is 11.7. The van der Waals surface area contributed by atoms with E-state index in [2.05, 4.69) is 12.2 Å². The first kappa shape index (κ1) is 13.7. The highest BCUT2D eigenvalue weighted by atomic mass is 35.5. The van der Waals surface area contributed by atoms with Gasteiger partial charge in [0, 0.05) is 17.3 Å². The minimum Gasteiger partial charge on any atom is -0.383 e. The van der Waals surface area contributed by atoms with Crippen molar-refractivity contribution in [2.24, 2.45) is 5.92 Å². The molecule has 18 heavy (non-hydrogen) atoms. The average Bonchev–Trinajstić information content (AvgIpc) is 2.37. The highest BCUT2D eigenvalue weighted by molar-refractivity contribution is 6.30. The molecule has 1 saturated carbocycles. The standard InChI is InChI=1S/C15H22ClNO/c1-12-5-7-15(8-6-12)18-10-9-17-14-4-2-3-13(16)11-14/h2-4,11-12,15,17H,5-10H2,1H3. The maximum Gasteiger partial charge on any atom is 0.0642 e. The minimum absolute atomic E-state index is 0.474. The predicted molar refractivity (Wildman–Crippen MR) is 77.3 cm³/mol. The molecule has 1 aliphatic carbocycles. The first-order valence-corrected chi connectivity index (χ1v) is 7.23. The van der Waals surface area contributed by atoms with E-state index in [-0.39, 0.29) is 0 Å². The molecule has 0 unspecified atom stereocenters. The zero-order valence-electron chi connectivity index (χ0n) is 11.0. The van der Waals surface area contributed by atoms with Crippen LogP contribution in [0.2, 0.25) is 5.02 Å². The third-order valence-corrected chi connectivity index (χ3v) is 3.81. The number of hydrogen-bond donors (Lipinski definition) is 1. The molecular weight excluding hydrogens is 246 g/mol. The summed E-state index contributed by atoms with van der Waals surface area (Å²) in [6.45, 7) is 3.94. The quantitative estimate of drug-likeness (QED) is 0.801. The van der Waals surface area contributed by atoms with Crippen molar-refractivity contribution >= 4 is 17.3 Å². The molecule has 0 bridgehead atoms. The van der Waals surface area contributed by atoms with Crippen LogP contribution in [0.3, 0.4) is 0 Å². The van der Waals surface area contributed by atoms with Gasteiger partial charge >= 0.3 is 0 Å². The topological polar surface area (TPSA) is 21.3 Å². The highest BCUT2D eigenvalue weighted by Gasteiger charge is 2.18. The van der Waals surface area contributed by atoms with Crippen LogP contribution in [-0.2, 0) is 4.74 Å². The number of rotatable bonds is 5. The predicted octanol–water partition coefficient (Wildman–Crippen LogP) is 4.35. The Labute approximate surface area is 115 Å². The van der Waals surface area contributed by atoms with Crippen LogP contribution < -0.4 is 5.32 Å². The number of hydrogen-bond acceptors (Lipinski definition) is 2. The fourth-order valence-corrected chi connectivity index (χ4v) is 2.61. The lowest BCUT2D eigenvalue weighted by molar-refractivity contribution is 0.0257. The van der Waals surface area contributed by atoms with Crippen LogP contribution in [0, 0.1) is 5.92 Å². The molecule has 1 aromatic carbocycles. The number of benzene rings is 1. The summed E-state index contributed by atoms with van der Waals surface area (Å²) >= 11 is 5.92. The Morgan fingerprint density at radius 2 is 2.06 bits per heavy atom. The van der Waals surface area contributed by atoms with Gasteiger partial charge in [-0.1, -0.05) is 24.6 Å². The van der Waals surface area contributed by atoms with Crippen molar-refractivity contribution in [2.45, 2.75) is 38.7 Å². The van der Waals surface area contributed by atoms with E-state index in [9.17, 15) is 0 Å². The first-order chi connectivity index (χ1) is 8.74. The molecule has 0 heterocycles. The van der Waals surface area contributed by atoms with E-state index in [0.29, 0.717) is 6.10 Å². The molecule has 0 spiro atoms. The van der Waals surface area contributed by atoms with Crippen molar-refractivity contribution in [1.82, 2.24) is 0 Å². The van der Waals surface area contributed by atoms with Crippen molar-refractivity contribution in [3.05, 3.63) is 29.3 Å². The van der Waals surface area contributed by atoms with E-state index in [1.165, 1.54) is 25.7 Å². The molecule has 0 aliphatic heterocycles. The van der Waals surface area contributed by atoms with Crippen LogP contribution in [0.1, 0.15) is 32.6 Å². The van der Waals surface area contributed by atoms with E-state index in [0.717, 1.165) is 29.8 Å². The normalized spacial score (nSPS) is 23.9. The van der Waals surface area contributed by atoms with Crippen molar-refractivity contribution in [3.8, 4) is 0 Å². The molecule has 0 radical (unpaired) electrons. The Balaban J connectivity index is 1.61. The second-order valence-corrected chi connectivity index (χ2v) is 5.63. The summed E-state index contributed by atoms with van der Waals surface area (Å²) in [5.74, 6) is 0.884. The van der Waals surface area contributed by atoms with Gasteiger partial charge in [0.05, 0.1) is 12.7 Å². The Bertz CT molecular complexity index is 361. The third-order valence-electron chi connectivity index (χ3n) is 3.57. The van der Waals surface area contributed by atoms with Crippen molar-refractivity contribution in [1.29, 1.82) is 0 Å². The molecule has 1 fully saturated rings. The largest absolute Gasteiger partial charge is 0.383 e. The van der Waals surface area contributed by atoms with Gasteiger partial charge in [0.2, 0.25) is 0 Å². The van der Waals surface area contributed by atoms with Gasteiger partial charge in [-0.15, -0.1) is 0 Å². The molecule has 100 valence electrons. The minimum atomic E-state index is 0.474. The Hall–Kier alpha value is -0.730. The van der Waals surface area contributed by atoms with Gasteiger partial charge in [-0.25, -0.2) is 0 Å². The van der Waals surface area contributed by atoms with Crippen LogP contribution in [0.5, 0.6) is 0 Å². The summed E-state index contributed by atoms with van der Waals surface area (Å²) in [6.07, 6.45) is 5.54. The molecule has 0 saturated heterocycles. The summed E-state index contributed by atoms with van der Waals surface area (Å²) in [7, 11) is 0. The Kier molecular flexibility index (Phi) is 5.33. The Morgan fingerprint density at radius 1 is 1.28 bits per heavy atom. The second-order valence-electron chi connectivity index (χ2n) is 5.19. The van der Waals surface area contributed by atoms with Gasteiger partial charge in [0.1, 0.15) is 0 Å². The lowest BCUT2D eigenvalue weighted by Gasteiger charge is -2.26. The van der Waals surface area contributed by atoms with Crippen LogP contribution >= 0.6 is 11.6 Å². The van der Waals surface area contributed by atoms with Gasteiger partial charge in [0.15, 0.2) is 0 Å². The summed E-state index contributed by atoms with van der Waals surface area (Å²) in [5, 5.41) is 4.09. The van der Waals surface area contributed by atoms with Gasteiger partial charge in [-0.3, -0.25) is 0 Å². The van der Waals surface area contributed by atoms with E-state index in [1.807, 2.05) is 24.3 Å². The van der Waals surface area contributed by atoms with Gasteiger partial charge in [-0.05, 0) is 49.8 Å². The third kappa shape index (κ3) is 4.51. The van der Waals surface area contributed by atoms with Crippen LogP contribution in [0.25, 0.3) is 0 Å². The molecule has 2 nitrogen and oxygen atoms in total. The molecule has 1 aromatic rings. The monoisotopic (exact) mass is 267 g/mol. The molecule has 2 rings (SSSR count). The van der Waals surface area contributed by atoms with Crippen molar-refractivity contribution < 1.29 is 4.74 Å². The molecular formula is C15H22ClNO. The van der Waals surface area contributed by atoms with Crippen LogP contribution in [-0.4, -0.2) is 19.3 Å². The SMILES string of the molecule is CC1CCC(OCCNc2cccc(Cl)c2)CC1. The van der Waals surface area contributed by atoms with Crippen LogP contribution in [0.15, 0.2) is 24.3 Å². The zero-order chi connectivity index (χ0) is 12.8. The first-order valence-electron chi connectivity index (χ1n) is 6.85. The Morgan fingerprint density at radius 3 is 2.78 bits per heavy atom. The van der Waals surface area contributed by atoms with Gasteiger partial charge in [-0.2, -0.15) is 0 Å². The lowest BCUT2D eigenvalue weighted by Crippen LogP contribution is -2.23. The fourth-order valence-electron chi connectivity index (χ4n) is 2.42. The van der Waals surface area contributed by atoms with Crippen molar-refractivity contribution in [3.63, 3.8) is 0 Å². The molecule has 1 N–H and O–H groups in total.